The summed E-state index contributed by atoms with van der Waals surface area (Å²) < 4.78 is 2.20. The molecule has 0 aliphatic carbocycles. The lowest BCUT2D eigenvalue weighted by Crippen LogP contribution is -1.99. The topological polar surface area (TPSA) is 4.93 Å². The molecule has 0 N–H and O–H groups in total. The molecule has 35 heavy (non-hydrogen) atoms. The van der Waals surface area contributed by atoms with Crippen LogP contribution in [0.4, 0.5) is 0 Å². The molecule has 162 valence electrons. The standard InChI is InChI=1S/C34H21N/c1-2-15-32(16-3-1)35-33(17-9-4-10-26-18-19-27-11-5-7-13-29(27)24-26)22-23-34(35)31-21-20-28-12-6-8-14-30(28)25-31/h1-3,5-8,11-16,18-25H. The minimum atomic E-state index is 0.909. The van der Waals surface area contributed by atoms with Crippen molar-refractivity contribution in [2.75, 3.05) is 0 Å². The number of aromatic nitrogens is 1. The van der Waals surface area contributed by atoms with E-state index in [4.69, 9.17) is 0 Å². The van der Waals surface area contributed by atoms with Crippen LogP contribution in [0.3, 0.4) is 0 Å². The van der Waals surface area contributed by atoms with E-state index in [-0.39, 0.29) is 0 Å². The van der Waals surface area contributed by atoms with Crippen molar-refractivity contribution in [1.29, 1.82) is 0 Å². The van der Waals surface area contributed by atoms with Crippen LogP contribution in [0.5, 0.6) is 0 Å². The van der Waals surface area contributed by atoms with E-state index in [1.807, 2.05) is 24.3 Å². The lowest BCUT2D eigenvalue weighted by molar-refractivity contribution is 1.07. The van der Waals surface area contributed by atoms with Crippen LogP contribution in [-0.4, -0.2) is 4.57 Å². The number of rotatable bonds is 2. The molecular weight excluding hydrogens is 422 g/mol. The predicted octanol–water partition coefficient (Wildman–Crippen LogP) is 7.85. The largest absolute Gasteiger partial charge is 0.303 e. The SMILES string of the molecule is C(C#Cc1ccc(-c2ccc3ccccc3c2)n1-c1ccccc1)#Cc1ccc2ccccc2c1. The Morgan fingerprint density at radius 1 is 0.457 bits per heavy atom. The Bertz CT molecular complexity index is 1800. The van der Waals surface area contributed by atoms with Gasteiger partial charge in [0.05, 0.1) is 11.4 Å². The van der Waals surface area contributed by atoms with Crippen molar-refractivity contribution in [3.63, 3.8) is 0 Å². The number of fused-ring (bicyclic) bond motifs is 2. The maximum absolute atomic E-state index is 3.29. The van der Waals surface area contributed by atoms with E-state index in [9.17, 15) is 0 Å². The zero-order valence-electron chi connectivity index (χ0n) is 19.1. The molecule has 0 saturated heterocycles. The van der Waals surface area contributed by atoms with Gasteiger partial charge in [-0.3, -0.25) is 0 Å². The van der Waals surface area contributed by atoms with Gasteiger partial charge in [0.2, 0.25) is 0 Å². The summed E-state index contributed by atoms with van der Waals surface area (Å²) in [6.07, 6.45) is 0. The van der Waals surface area contributed by atoms with Gasteiger partial charge >= 0.3 is 0 Å². The van der Waals surface area contributed by atoms with Crippen molar-refractivity contribution >= 4 is 21.5 Å². The van der Waals surface area contributed by atoms with Crippen molar-refractivity contribution in [3.8, 4) is 40.6 Å². The van der Waals surface area contributed by atoms with E-state index in [0.717, 1.165) is 28.2 Å². The van der Waals surface area contributed by atoms with Crippen LogP contribution in [-0.2, 0) is 0 Å². The fourth-order valence-electron chi connectivity index (χ4n) is 4.43. The Labute approximate surface area is 205 Å². The molecule has 1 aromatic heterocycles. The highest BCUT2D eigenvalue weighted by Crippen LogP contribution is 2.29. The fourth-order valence-corrected chi connectivity index (χ4v) is 4.43. The summed E-state index contributed by atoms with van der Waals surface area (Å²) in [6.45, 7) is 0. The number of nitrogens with zero attached hydrogens (tertiary/aromatic N) is 1. The average molecular weight is 444 g/mol. The lowest BCUT2D eigenvalue weighted by Gasteiger charge is -2.12. The van der Waals surface area contributed by atoms with E-state index < -0.39 is 0 Å². The van der Waals surface area contributed by atoms with Gasteiger partial charge in [-0.15, -0.1) is 0 Å². The first-order chi connectivity index (χ1) is 17.3. The first kappa shape index (κ1) is 20.6. The van der Waals surface area contributed by atoms with E-state index >= 15 is 0 Å². The van der Waals surface area contributed by atoms with Gasteiger partial charge < -0.3 is 4.57 Å². The van der Waals surface area contributed by atoms with Gasteiger partial charge in [0.15, 0.2) is 0 Å². The van der Waals surface area contributed by atoms with Gasteiger partial charge in [-0.25, -0.2) is 0 Å². The molecule has 6 rings (SSSR count). The number of hydrogen-bond acceptors (Lipinski definition) is 0. The highest BCUT2D eigenvalue weighted by atomic mass is 15.0. The molecule has 0 spiro atoms. The molecule has 0 bridgehead atoms. The predicted molar refractivity (Wildman–Crippen MR) is 146 cm³/mol. The van der Waals surface area contributed by atoms with E-state index in [0.29, 0.717) is 0 Å². The van der Waals surface area contributed by atoms with Crippen molar-refractivity contribution in [1.82, 2.24) is 4.57 Å². The molecule has 1 nitrogen and oxygen atoms in total. The third-order valence-electron chi connectivity index (χ3n) is 6.15. The minimum absolute atomic E-state index is 0.909. The summed E-state index contributed by atoms with van der Waals surface area (Å²) in [4.78, 5) is 0. The highest BCUT2D eigenvalue weighted by Gasteiger charge is 2.11. The van der Waals surface area contributed by atoms with Crippen LogP contribution in [0.2, 0.25) is 0 Å². The third kappa shape index (κ3) is 4.20. The monoisotopic (exact) mass is 443 g/mol. The first-order valence-corrected chi connectivity index (χ1v) is 11.6. The lowest BCUT2D eigenvalue weighted by atomic mass is 10.1. The molecule has 1 heterocycles. The zero-order chi connectivity index (χ0) is 23.5. The Morgan fingerprint density at radius 2 is 1.09 bits per heavy atom. The quantitative estimate of drug-likeness (QED) is 0.240. The smallest absolute Gasteiger partial charge is 0.0981 e. The third-order valence-corrected chi connectivity index (χ3v) is 6.15. The number of hydrogen-bond donors (Lipinski definition) is 0. The second-order valence-corrected chi connectivity index (χ2v) is 8.40. The van der Waals surface area contributed by atoms with Crippen LogP contribution in [0.15, 0.2) is 127 Å². The maximum atomic E-state index is 3.29. The minimum Gasteiger partial charge on any atom is -0.303 e. The zero-order valence-corrected chi connectivity index (χ0v) is 19.1. The molecule has 0 amide bonds. The molecule has 5 aromatic carbocycles. The number of benzene rings is 5. The van der Waals surface area contributed by atoms with E-state index in [2.05, 4.69) is 131 Å². The Balaban J connectivity index is 1.40. The summed E-state index contributed by atoms with van der Waals surface area (Å²) in [5.74, 6) is 12.6. The molecule has 0 radical (unpaired) electrons. The van der Waals surface area contributed by atoms with Gasteiger partial charge in [0.1, 0.15) is 0 Å². The van der Waals surface area contributed by atoms with Gasteiger partial charge in [0.25, 0.3) is 0 Å². The fraction of sp³-hybridized carbons (Fsp3) is 0. The van der Waals surface area contributed by atoms with Crippen LogP contribution < -0.4 is 0 Å². The van der Waals surface area contributed by atoms with E-state index in [1.54, 1.807) is 0 Å². The van der Waals surface area contributed by atoms with Gasteiger partial charge in [-0.05, 0) is 87.3 Å². The summed E-state index contributed by atoms with van der Waals surface area (Å²) in [7, 11) is 0. The van der Waals surface area contributed by atoms with Crippen LogP contribution in [0.25, 0.3) is 38.5 Å². The first-order valence-electron chi connectivity index (χ1n) is 11.6. The Kier molecular flexibility index (Phi) is 5.36. The maximum Gasteiger partial charge on any atom is 0.0981 e. The Morgan fingerprint density at radius 3 is 1.86 bits per heavy atom. The molecule has 0 aliphatic rings. The molecule has 0 atom stereocenters. The molecule has 0 saturated carbocycles. The van der Waals surface area contributed by atoms with Crippen molar-refractivity contribution in [2.24, 2.45) is 0 Å². The van der Waals surface area contributed by atoms with Gasteiger partial charge in [-0.1, -0.05) is 90.8 Å². The molecule has 1 heteroatoms. The van der Waals surface area contributed by atoms with Crippen LogP contribution in [0.1, 0.15) is 11.3 Å². The molecule has 6 aromatic rings. The molecule has 0 fully saturated rings. The highest BCUT2D eigenvalue weighted by molar-refractivity contribution is 5.87. The van der Waals surface area contributed by atoms with Gasteiger partial charge in [0, 0.05) is 11.3 Å². The van der Waals surface area contributed by atoms with Crippen molar-refractivity contribution in [2.45, 2.75) is 0 Å². The number of para-hydroxylation sites is 1. The summed E-state index contributed by atoms with van der Waals surface area (Å²) in [6, 6.07) is 44.1. The molecular formula is C34H21N. The summed E-state index contributed by atoms with van der Waals surface area (Å²) >= 11 is 0. The normalized spacial score (nSPS) is 10.4. The molecule has 0 aliphatic heterocycles. The second-order valence-electron chi connectivity index (χ2n) is 8.40. The average Bonchev–Trinajstić information content (AvgIpc) is 3.35. The van der Waals surface area contributed by atoms with Crippen molar-refractivity contribution < 1.29 is 0 Å². The van der Waals surface area contributed by atoms with E-state index in [1.165, 1.54) is 21.5 Å². The summed E-state index contributed by atoms with van der Waals surface area (Å²) in [5, 5.41) is 4.86. The van der Waals surface area contributed by atoms with Gasteiger partial charge in [-0.2, -0.15) is 0 Å². The molecule has 0 unspecified atom stereocenters. The van der Waals surface area contributed by atoms with Crippen molar-refractivity contribution in [3.05, 3.63) is 139 Å². The summed E-state index contributed by atoms with van der Waals surface area (Å²) in [5.41, 5.74) is 5.21. The Hall–Kier alpha value is -4.98. The van der Waals surface area contributed by atoms with Crippen LogP contribution in [0, 0.1) is 23.7 Å². The second kappa shape index (κ2) is 9.11. The van der Waals surface area contributed by atoms with Crippen LogP contribution >= 0.6 is 0 Å².